The summed E-state index contributed by atoms with van der Waals surface area (Å²) in [6.45, 7) is 3.54. The Morgan fingerprint density at radius 3 is 2.62 bits per heavy atom. The van der Waals surface area contributed by atoms with Crippen LogP contribution in [0.5, 0.6) is 11.5 Å². The van der Waals surface area contributed by atoms with Crippen molar-refractivity contribution >= 4 is 40.7 Å². The molecule has 0 fully saturated rings. The van der Waals surface area contributed by atoms with Crippen molar-refractivity contribution < 1.29 is 28.3 Å². The van der Waals surface area contributed by atoms with E-state index >= 15 is 0 Å². The molecule has 11 nitrogen and oxygen atoms in total. The van der Waals surface area contributed by atoms with E-state index in [0.717, 1.165) is 11.3 Å². The molecule has 0 aliphatic carbocycles. The zero-order chi connectivity index (χ0) is 30.1. The number of rotatable bonds is 8. The Labute approximate surface area is 247 Å². The van der Waals surface area contributed by atoms with Crippen molar-refractivity contribution in [2.45, 2.75) is 19.9 Å². The van der Waals surface area contributed by atoms with Crippen molar-refractivity contribution in [2.75, 3.05) is 20.8 Å². The molecule has 0 amide bonds. The summed E-state index contributed by atoms with van der Waals surface area (Å²) >= 11 is 7.40. The standard InChI is InChI=1S/C29H24ClN3O8S/c1-5-40-28(35)25-15(2)31-29-32(26(25)16-6-10-22(38-3)23(12-16)39-4)27(34)24(42-29)14-18-8-11-21(41-18)19-13-17(33(36)37)7-9-20(19)30/h6-14,26H,5H2,1-4H3/b24-14-/t26-/m0/s1. The molecule has 1 aliphatic heterocycles. The number of esters is 1. The van der Waals surface area contributed by atoms with Crippen LogP contribution in [0.2, 0.25) is 5.02 Å². The number of nitro groups is 1. The number of methoxy groups -OCH3 is 2. The van der Waals surface area contributed by atoms with E-state index in [1.54, 1.807) is 50.3 Å². The molecule has 1 aliphatic rings. The fourth-order valence-corrected chi connectivity index (χ4v) is 5.89. The van der Waals surface area contributed by atoms with Crippen LogP contribution in [-0.4, -0.2) is 36.3 Å². The monoisotopic (exact) mass is 609 g/mol. The summed E-state index contributed by atoms with van der Waals surface area (Å²) in [5, 5.41) is 11.5. The van der Waals surface area contributed by atoms with E-state index in [1.807, 2.05) is 0 Å². The molecule has 0 unspecified atom stereocenters. The SMILES string of the molecule is CCOC(=O)C1=C(C)N=c2s/c(=C\c3ccc(-c4cc([N+](=O)[O-])ccc4Cl)o3)c(=O)n2[C@H]1c1ccc(OC)c(OC)c1. The third-order valence-electron chi connectivity index (χ3n) is 6.57. The van der Waals surface area contributed by atoms with Gasteiger partial charge in [0.25, 0.3) is 11.2 Å². The molecule has 2 aromatic carbocycles. The number of nitro benzene ring substituents is 1. The smallest absolute Gasteiger partial charge is 0.338 e. The fourth-order valence-electron chi connectivity index (χ4n) is 4.65. The molecule has 0 radical (unpaired) electrons. The first-order valence-corrected chi connectivity index (χ1v) is 13.8. The average Bonchev–Trinajstić information content (AvgIpc) is 3.56. The first-order chi connectivity index (χ1) is 20.2. The summed E-state index contributed by atoms with van der Waals surface area (Å²) < 4.78 is 23.8. The van der Waals surface area contributed by atoms with Crippen molar-refractivity contribution in [3.8, 4) is 22.8 Å². The number of carbonyl (C=O) groups excluding carboxylic acids is 1. The van der Waals surface area contributed by atoms with Crippen LogP contribution in [0, 0.1) is 10.1 Å². The largest absolute Gasteiger partial charge is 0.493 e. The summed E-state index contributed by atoms with van der Waals surface area (Å²) in [7, 11) is 3.01. The molecule has 0 bridgehead atoms. The number of fused-ring (bicyclic) bond motifs is 1. The van der Waals surface area contributed by atoms with Gasteiger partial charge in [0.15, 0.2) is 16.3 Å². The lowest BCUT2D eigenvalue weighted by molar-refractivity contribution is -0.384. The predicted molar refractivity (Wildman–Crippen MR) is 156 cm³/mol. The number of halogens is 1. The normalized spacial score (nSPS) is 14.8. The quantitative estimate of drug-likeness (QED) is 0.160. The number of hydrogen-bond acceptors (Lipinski definition) is 10. The Morgan fingerprint density at radius 1 is 1.17 bits per heavy atom. The molecule has 3 heterocycles. The molecule has 0 N–H and O–H groups in total. The minimum atomic E-state index is -0.849. The zero-order valence-electron chi connectivity index (χ0n) is 22.9. The van der Waals surface area contributed by atoms with Crippen LogP contribution in [0.3, 0.4) is 0 Å². The van der Waals surface area contributed by atoms with Gasteiger partial charge in [-0.15, -0.1) is 0 Å². The fraction of sp³-hybridized carbons (Fsp3) is 0.207. The van der Waals surface area contributed by atoms with E-state index in [0.29, 0.717) is 49.2 Å². The van der Waals surface area contributed by atoms with Gasteiger partial charge in [-0.05, 0) is 49.7 Å². The van der Waals surface area contributed by atoms with Crippen LogP contribution in [-0.2, 0) is 9.53 Å². The van der Waals surface area contributed by atoms with Crippen molar-refractivity contribution in [3.05, 3.63) is 106 Å². The topological polar surface area (TPSA) is 135 Å². The van der Waals surface area contributed by atoms with Crippen LogP contribution in [0.25, 0.3) is 17.4 Å². The first kappa shape index (κ1) is 28.8. The highest BCUT2D eigenvalue weighted by molar-refractivity contribution is 7.07. The molecule has 0 spiro atoms. The number of furan rings is 1. The molecule has 1 atom stereocenters. The van der Waals surface area contributed by atoms with Crippen LogP contribution in [0.15, 0.2) is 74.0 Å². The Bertz CT molecular complexity index is 1940. The molecule has 0 saturated heterocycles. The predicted octanol–water partition coefficient (Wildman–Crippen LogP) is 4.64. The highest BCUT2D eigenvalue weighted by atomic mass is 35.5. The molecule has 4 aromatic rings. The lowest BCUT2D eigenvalue weighted by Gasteiger charge is -2.25. The second-order valence-electron chi connectivity index (χ2n) is 9.04. The lowest BCUT2D eigenvalue weighted by Crippen LogP contribution is -2.39. The Morgan fingerprint density at radius 2 is 1.93 bits per heavy atom. The Hall–Kier alpha value is -4.68. The molecule has 216 valence electrons. The van der Waals surface area contributed by atoms with Crippen molar-refractivity contribution in [3.63, 3.8) is 0 Å². The number of thiazole rings is 1. The second kappa shape index (κ2) is 11.7. The molecule has 2 aromatic heterocycles. The highest BCUT2D eigenvalue weighted by Gasteiger charge is 2.34. The number of carbonyl (C=O) groups is 1. The average molecular weight is 610 g/mol. The number of aromatic nitrogens is 1. The first-order valence-electron chi connectivity index (χ1n) is 12.6. The van der Waals surface area contributed by atoms with Crippen molar-refractivity contribution in [1.82, 2.24) is 4.57 Å². The van der Waals surface area contributed by atoms with Gasteiger partial charge in [-0.25, -0.2) is 9.79 Å². The number of non-ortho nitro benzene ring substituents is 1. The minimum absolute atomic E-state index is 0.136. The van der Waals surface area contributed by atoms with Gasteiger partial charge in [-0.2, -0.15) is 0 Å². The number of nitrogens with zero attached hydrogens (tertiary/aromatic N) is 3. The van der Waals surface area contributed by atoms with Gasteiger partial charge < -0.3 is 18.6 Å². The van der Waals surface area contributed by atoms with E-state index in [4.69, 9.17) is 30.2 Å². The number of hydrogen-bond donors (Lipinski definition) is 0. The van der Waals surface area contributed by atoms with Gasteiger partial charge >= 0.3 is 5.97 Å². The van der Waals surface area contributed by atoms with Gasteiger partial charge in [0.05, 0.1) is 52.6 Å². The number of allylic oxidation sites excluding steroid dienone is 1. The van der Waals surface area contributed by atoms with Crippen LogP contribution < -0.4 is 24.4 Å². The van der Waals surface area contributed by atoms with E-state index in [2.05, 4.69) is 4.99 Å². The maximum atomic E-state index is 13.9. The molecule has 13 heteroatoms. The Kier molecular flexibility index (Phi) is 8.01. The molecule has 0 saturated carbocycles. The summed E-state index contributed by atoms with van der Waals surface area (Å²) in [6, 6.07) is 11.6. The second-order valence-corrected chi connectivity index (χ2v) is 10.5. The number of ether oxygens (including phenoxy) is 3. The van der Waals surface area contributed by atoms with Gasteiger partial charge in [0.2, 0.25) is 0 Å². The van der Waals surface area contributed by atoms with Crippen LogP contribution >= 0.6 is 22.9 Å². The lowest BCUT2D eigenvalue weighted by atomic mass is 9.95. The summed E-state index contributed by atoms with van der Waals surface area (Å²) in [5.41, 5.74) is 1.04. The van der Waals surface area contributed by atoms with Crippen LogP contribution in [0.4, 0.5) is 5.69 Å². The van der Waals surface area contributed by atoms with Gasteiger partial charge in [0.1, 0.15) is 11.5 Å². The molecular weight excluding hydrogens is 586 g/mol. The molecule has 5 rings (SSSR count). The van der Waals surface area contributed by atoms with Gasteiger partial charge in [-0.3, -0.25) is 19.5 Å². The van der Waals surface area contributed by atoms with Crippen molar-refractivity contribution in [2.24, 2.45) is 4.99 Å². The van der Waals surface area contributed by atoms with Crippen molar-refractivity contribution in [1.29, 1.82) is 0 Å². The summed E-state index contributed by atoms with van der Waals surface area (Å²) in [5.74, 6) is 0.952. The minimum Gasteiger partial charge on any atom is -0.493 e. The maximum Gasteiger partial charge on any atom is 0.338 e. The highest BCUT2D eigenvalue weighted by Crippen LogP contribution is 2.36. The van der Waals surface area contributed by atoms with Gasteiger partial charge in [-0.1, -0.05) is 29.0 Å². The maximum absolute atomic E-state index is 13.9. The molecule has 42 heavy (non-hydrogen) atoms. The zero-order valence-corrected chi connectivity index (χ0v) is 24.4. The molecular formula is C29H24ClN3O8S. The van der Waals surface area contributed by atoms with Gasteiger partial charge in [0, 0.05) is 23.8 Å². The van der Waals surface area contributed by atoms with E-state index in [1.165, 1.54) is 37.0 Å². The Balaban J connectivity index is 1.65. The van der Waals surface area contributed by atoms with E-state index < -0.39 is 22.5 Å². The van der Waals surface area contributed by atoms with E-state index in [-0.39, 0.29) is 22.9 Å². The third-order valence-corrected chi connectivity index (χ3v) is 7.88. The summed E-state index contributed by atoms with van der Waals surface area (Å²) in [4.78, 5) is 42.7. The number of benzene rings is 2. The van der Waals surface area contributed by atoms with E-state index in [9.17, 15) is 19.7 Å². The summed E-state index contributed by atoms with van der Waals surface area (Å²) in [6.07, 6.45) is 1.55. The third kappa shape index (κ3) is 5.21. The van der Waals surface area contributed by atoms with Crippen LogP contribution in [0.1, 0.15) is 31.2 Å².